The second-order valence-electron chi connectivity index (χ2n) is 11.1. The Kier molecular flexibility index (Phi) is 5.95. The number of fused-ring (bicyclic) bond motifs is 5. The van der Waals surface area contributed by atoms with Crippen molar-refractivity contribution < 1.29 is 9.90 Å². The number of carboxylic acid groups (broad SMARTS) is 1. The van der Waals surface area contributed by atoms with E-state index >= 15 is 0 Å². The van der Waals surface area contributed by atoms with Crippen molar-refractivity contribution in [2.45, 2.75) is 18.9 Å². The van der Waals surface area contributed by atoms with Crippen molar-refractivity contribution in [1.29, 1.82) is 0 Å². The van der Waals surface area contributed by atoms with Gasteiger partial charge in [0.1, 0.15) is 5.56 Å². The van der Waals surface area contributed by atoms with Gasteiger partial charge in [0.05, 0.1) is 16.8 Å². The molecule has 210 valence electrons. The topological polar surface area (TPSA) is 116 Å². The van der Waals surface area contributed by atoms with Gasteiger partial charge in [0.2, 0.25) is 5.43 Å². The van der Waals surface area contributed by atoms with Crippen molar-refractivity contribution >= 4 is 40.0 Å². The number of nitrogens with one attached hydrogen (secondary N) is 2. The SMILES string of the molecule is CNc1cc(Cl)cc2c1Cc1ncc(-c3cnc4c(c3)c(=O)c(C(=O)O)cn4NC)c(N3CC[C@@H]4CN(C)C[C@@H]43)c1-2. The molecule has 2 atom stereocenters. The lowest BCUT2D eigenvalue weighted by atomic mass is 9.96. The first-order valence-corrected chi connectivity index (χ1v) is 14.1. The number of benzene rings is 1. The highest BCUT2D eigenvalue weighted by atomic mass is 35.5. The van der Waals surface area contributed by atoms with Gasteiger partial charge in [-0.15, -0.1) is 0 Å². The van der Waals surface area contributed by atoms with Crippen LogP contribution in [0.5, 0.6) is 0 Å². The maximum absolute atomic E-state index is 13.3. The molecule has 0 unspecified atom stereocenters. The molecule has 2 saturated heterocycles. The van der Waals surface area contributed by atoms with Gasteiger partial charge in [0, 0.05) is 92.2 Å². The number of hydrogen-bond acceptors (Lipinski definition) is 8. The third-order valence-corrected chi connectivity index (χ3v) is 9.09. The molecule has 0 radical (unpaired) electrons. The largest absolute Gasteiger partial charge is 0.477 e. The van der Waals surface area contributed by atoms with Gasteiger partial charge in [0.25, 0.3) is 0 Å². The summed E-state index contributed by atoms with van der Waals surface area (Å²) in [4.78, 5) is 39.7. The summed E-state index contributed by atoms with van der Waals surface area (Å²) < 4.78 is 1.46. The summed E-state index contributed by atoms with van der Waals surface area (Å²) in [5, 5.41) is 13.9. The van der Waals surface area contributed by atoms with Crippen LogP contribution in [0.15, 0.2) is 41.6 Å². The molecular formula is C30H30ClN7O3. The minimum atomic E-state index is -1.28. The molecule has 0 amide bonds. The smallest absolute Gasteiger partial charge is 0.341 e. The van der Waals surface area contributed by atoms with Crippen molar-refractivity contribution in [2.24, 2.45) is 5.92 Å². The predicted octanol–water partition coefficient (Wildman–Crippen LogP) is 3.74. The number of carboxylic acids is 1. The monoisotopic (exact) mass is 571 g/mol. The molecule has 0 spiro atoms. The number of likely N-dealkylation sites (N-methyl/N-ethyl adjacent to an activating group) is 1. The highest BCUT2D eigenvalue weighted by Gasteiger charge is 2.43. The molecule has 3 N–H and O–H groups in total. The Morgan fingerprint density at radius 3 is 2.71 bits per heavy atom. The third kappa shape index (κ3) is 3.88. The van der Waals surface area contributed by atoms with Crippen LogP contribution in [0.3, 0.4) is 0 Å². The van der Waals surface area contributed by atoms with Crippen LogP contribution in [-0.4, -0.2) is 77.4 Å². The van der Waals surface area contributed by atoms with Gasteiger partial charge in [-0.2, -0.15) is 0 Å². The van der Waals surface area contributed by atoms with Crippen LogP contribution in [0, 0.1) is 5.92 Å². The number of aromatic carboxylic acids is 1. The number of carbonyl (C=O) groups is 1. The van der Waals surface area contributed by atoms with Crippen LogP contribution in [0.25, 0.3) is 33.3 Å². The molecule has 5 heterocycles. The first-order valence-electron chi connectivity index (χ1n) is 13.7. The summed E-state index contributed by atoms with van der Waals surface area (Å²) in [7, 11) is 5.72. The van der Waals surface area contributed by atoms with Crippen molar-refractivity contribution in [1.82, 2.24) is 19.5 Å². The van der Waals surface area contributed by atoms with E-state index < -0.39 is 11.4 Å². The Balaban J connectivity index is 1.50. The summed E-state index contributed by atoms with van der Waals surface area (Å²) in [6.07, 6.45) is 6.68. The Labute approximate surface area is 241 Å². The maximum Gasteiger partial charge on any atom is 0.341 e. The third-order valence-electron chi connectivity index (χ3n) is 8.87. The molecule has 0 bridgehead atoms. The lowest BCUT2D eigenvalue weighted by molar-refractivity contribution is 0.0695. The Hall–Kier alpha value is -4.15. The van der Waals surface area contributed by atoms with E-state index in [1.165, 1.54) is 10.9 Å². The van der Waals surface area contributed by atoms with Crippen molar-refractivity contribution in [3.8, 4) is 22.3 Å². The van der Waals surface area contributed by atoms with E-state index in [1.807, 2.05) is 25.4 Å². The molecular weight excluding hydrogens is 542 g/mol. The van der Waals surface area contributed by atoms with Crippen LogP contribution in [0.4, 0.5) is 11.4 Å². The van der Waals surface area contributed by atoms with Gasteiger partial charge in [0.15, 0.2) is 5.65 Å². The number of pyridine rings is 3. The van der Waals surface area contributed by atoms with Gasteiger partial charge in [-0.05, 0) is 48.7 Å². The fourth-order valence-corrected chi connectivity index (χ4v) is 7.26. The van der Waals surface area contributed by atoms with E-state index in [4.69, 9.17) is 16.6 Å². The molecule has 2 aliphatic heterocycles. The van der Waals surface area contributed by atoms with Gasteiger partial charge in [-0.1, -0.05) is 11.6 Å². The Morgan fingerprint density at radius 2 is 1.95 bits per heavy atom. The number of hydrogen-bond donors (Lipinski definition) is 3. The van der Waals surface area contributed by atoms with Crippen molar-refractivity contribution in [2.75, 3.05) is 56.4 Å². The molecule has 3 aromatic heterocycles. The average molecular weight is 572 g/mol. The van der Waals surface area contributed by atoms with Gasteiger partial charge >= 0.3 is 5.97 Å². The molecule has 10 nitrogen and oxygen atoms in total. The molecule has 7 rings (SSSR count). The zero-order chi connectivity index (χ0) is 28.6. The number of halogens is 1. The quantitative estimate of drug-likeness (QED) is 0.290. The van der Waals surface area contributed by atoms with Crippen LogP contribution in [0.1, 0.15) is 28.0 Å². The van der Waals surface area contributed by atoms with E-state index in [1.54, 1.807) is 19.3 Å². The second-order valence-corrected chi connectivity index (χ2v) is 11.6. The number of rotatable bonds is 5. The van der Waals surface area contributed by atoms with E-state index in [0.29, 0.717) is 34.6 Å². The number of anilines is 2. The highest BCUT2D eigenvalue weighted by Crippen LogP contribution is 2.51. The van der Waals surface area contributed by atoms with E-state index in [2.05, 4.69) is 32.6 Å². The fraction of sp³-hybridized carbons (Fsp3) is 0.333. The molecule has 2 fully saturated rings. The summed E-state index contributed by atoms with van der Waals surface area (Å²) in [5.74, 6) is -0.714. The standard InChI is InChI=1S/C30H30ClN7O3/c1-32-23-8-17(31)7-19-18(23)9-24-26(19)27(37-5-4-15-12-36(3)14-25(15)37)21(11-34-24)16-6-20-28(39)22(30(40)41)13-38(33-2)29(20)35-10-16/h6-8,10-11,13,15,25,32-33H,4-5,9,12,14H2,1-3H3,(H,40,41)/t15-,25+/m1/s1. The summed E-state index contributed by atoms with van der Waals surface area (Å²) in [6.45, 7) is 2.95. The summed E-state index contributed by atoms with van der Waals surface area (Å²) in [5.41, 5.74) is 10.3. The minimum absolute atomic E-state index is 0.226. The van der Waals surface area contributed by atoms with E-state index in [0.717, 1.165) is 65.4 Å². The molecule has 1 aromatic carbocycles. The number of aromatic nitrogens is 3. The van der Waals surface area contributed by atoms with E-state index in [9.17, 15) is 14.7 Å². The zero-order valence-electron chi connectivity index (χ0n) is 23.0. The van der Waals surface area contributed by atoms with Gasteiger partial charge in [-0.3, -0.25) is 9.78 Å². The van der Waals surface area contributed by atoms with Gasteiger partial charge in [-0.25, -0.2) is 14.5 Å². The summed E-state index contributed by atoms with van der Waals surface area (Å²) in [6, 6.07) is 6.07. The normalized spacial score (nSPS) is 19.4. The predicted molar refractivity (Wildman–Crippen MR) is 161 cm³/mol. The average Bonchev–Trinajstić information content (AvgIpc) is 3.64. The van der Waals surface area contributed by atoms with Crippen LogP contribution in [0.2, 0.25) is 5.02 Å². The minimum Gasteiger partial charge on any atom is -0.477 e. The maximum atomic E-state index is 13.3. The van der Waals surface area contributed by atoms with Crippen LogP contribution >= 0.6 is 11.6 Å². The Morgan fingerprint density at radius 1 is 1.12 bits per heavy atom. The van der Waals surface area contributed by atoms with Gasteiger partial charge < -0.3 is 25.6 Å². The lowest BCUT2D eigenvalue weighted by Crippen LogP contribution is -2.35. The first kappa shape index (κ1) is 25.8. The number of nitrogens with zero attached hydrogens (tertiary/aromatic N) is 5. The van der Waals surface area contributed by atoms with E-state index in [-0.39, 0.29) is 10.9 Å². The van der Waals surface area contributed by atoms with Crippen molar-refractivity contribution in [3.63, 3.8) is 0 Å². The van der Waals surface area contributed by atoms with Crippen molar-refractivity contribution in [3.05, 3.63) is 68.9 Å². The molecule has 0 saturated carbocycles. The molecule has 41 heavy (non-hydrogen) atoms. The molecule has 1 aliphatic carbocycles. The zero-order valence-corrected chi connectivity index (χ0v) is 23.8. The molecule has 4 aromatic rings. The molecule has 11 heteroatoms. The fourth-order valence-electron chi connectivity index (χ4n) is 7.04. The Bertz CT molecular complexity index is 1820. The first-order chi connectivity index (χ1) is 19.8. The second kappa shape index (κ2) is 9.46. The number of likely N-dealkylation sites (tertiary alicyclic amines) is 1. The summed E-state index contributed by atoms with van der Waals surface area (Å²) >= 11 is 6.62. The van der Waals surface area contributed by atoms with Crippen LogP contribution in [-0.2, 0) is 6.42 Å². The lowest BCUT2D eigenvalue weighted by Gasteiger charge is -2.31. The molecule has 3 aliphatic rings. The van der Waals surface area contributed by atoms with Crippen LogP contribution < -0.4 is 21.1 Å². The highest BCUT2D eigenvalue weighted by molar-refractivity contribution is 6.31.